The van der Waals surface area contributed by atoms with E-state index < -0.39 is 6.10 Å². The molecule has 3 aromatic rings. The van der Waals surface area contributed by atoms with Crippen molar-refractivity contribution in [2.75, 3.05) is 19.6 Å². The van der Waals surface area contributed by atoms with Crippen molar-refractivity contribution in [1.82, 2.24) is 9.80 Å². The molecule has 0 aliphatic carbocycles. The summed E-state index contributed by atoms with van der Waals surface area (Å²) in [7, 11) is 0. The van der Waals surface area contributed by atoms with E-state index in [1.54, 1.807) is 12.1 Å². The number of ether oxygens (including phenoxy) is 1. The molecule has 176 valence electrons. The van der Waals surface area contributed by atoms with E-state index >= 15 is 0 Å². The molecule has 1 saturated heterocycles. The first kappa shape index (κ1) is 22.3. The van der Waals surface area contributed by atoms with Crippen molar-refractivity contribution in [3.05, 3.63) is 88.9 Å². The van der Waals surface area contributed by atoms with Gasteiger partial charge in [0.25, 0.3) is 11.8 Å². The number of carbonyl (C=O) groups excluding carboxylic acids is 2. The van der Waals surface area contributed by atoms with Crippen LogP contribution in [0.1, 0.15) is 58.6 Å². The number of aryl methyl sites for hydroxylation is 1. The maximum atomic E-state index is 13.4. The van der Waals surface area contributed by atoms with Gasteiger partial charge in [0.05, 0.1) is 12.3 Å². The summed E-state index contributed by atoms with van der Waals surface area (Å²) in [4.78, 5) is 29.9. The summed E-state index contributed by atoms with van der Waals surface area (Å²) in [5.74, 6) is 0.869. The Hall–Kier alpha value is -3.54. The second kappa shape index (κ2) is 9.37. The van der Waals surface area contributed by atoms with Crippen LogP contribution in [0.15, 0.2) is 65.3 Å². The van der Waals surface area contributed by atoms with Crippen molar-refractivity contribution in [1.29, 1.82) is 0 Å². The lowest BCUT2D eigenvalue weighted by Crippen LogP contribution is -2.40. The molecule has 3 heterocycles. The monoisotopic (exact) mass is 458 g/mol. The van der Waals surface area contributed by atoms with Crippen LogP contribution < -0.4 is 4.74 Å². The number of likely N-dealkylation sites (tertiary alicyclic amines) is 1. The van der Waals surface area contributed by atoms with Gasteiger partial charge in [-0.25, -0.2) is 0 Å². The number of fused-ring (bicyclic) bond motifs is 1. The zero-order valence-corrected chi connectivity index (χ0v) is 19.7. The first-order valence-corrected chi connectivity index (χ1v) is 12.0. The minimum atomic E-state index is -0.557. The van der Waals surface area contributed by atoms with Crippen LogP contribution in [-0.4, -0.2) is 47.4 Å². The van der Waals surface area contributed by atoms with Gasteiger partial charge < -0.3 is 19.0 Å². The highest BCUT2D eigenvalue weighted by Crippen LogP contribution is 2.38. The predicted octanol–water partition coefficient (Wildman–Crippen LogP) is 4.77. The third-order valence-electron chi connectivity index (χ3n) is 6.77. The van der Waals surface area contributed by atoms with E-state index in [0.29, 0.717) is 18.1 Å². The summed E-state index contributed by atoms with van der Waals surface area (Å²) in [6.07, 6.45) is 3.81. The lowest BCUT2D eigenvalue weighted by Gasteiger charge is -2.37. The fourth-order valence-corrected chi connectivity index (χ4v) is 5.08. The molecule has 5 rings (SSSR count). The van der Waals surface area contributed by atoms with Gasteiger partial charge in [-0.2, -0.15) is 0 Å². The van der Waals surface area contributed by atoms with Crippen LogP contribution in [-0.2, 0) is 11.2 Å². The van der Waals surface area contributed by atoms with E-state index in [0.717, 1.165) is 49.0 Å². The smallest absolute Gasteiger partial charge is 0.290 e. The number of benzene rings is 2. The van der Waals surface area contributed by atoms with Crippen LogP contribution in [0.3, 0.4) is 0 Å². The molecule has 0 saturated carbocycles. The number of amides is 2. The third kappa shape index (κ3) is 4.32. The Morgan fingerprint density at radius 1 is 1.03 bits per heavy atom. The number of furan rings is 1. The highest BCUT2D eigenvalue weighted by atomic mass is 16.5. The van der Waals surface area contributed by atoms with Gasteiger partial charge in [-0.15, -0.1) is 0 Å². The Kier molecular flexibility index (Phi) is 6.14. The van der Waals surface area contributed by atoms with Gasteiger partial charge in [-0.1, -0.05) is 35.9 Å². The molecule has 2 aliphatic heterocycles. The Labute approximate surface area is 200 Å². The number of hydrogen-bond acceptors (Lipinski definition) is 4. The lowest BCUT2D eigenvalue weighted by molar-refractivity contribution is -0.136. The molecule has 1 aromatic heterocycles. The molecule has 0 bridgehead atoms. The minimum absolute atomic E-state index is 0.0279. The molecule has 2 amide bonds. The van der Waals surface area contributed by atoms with Crippen LogP contribution in [0, 0.1) is 6.92 Å². The molecule has 2 aliphatic rings. The average Bonchev–Trinajstić information content (AvgIpc) is 3.57. The molecule has 0 N–H and O–H groups in total. The van der Waals surface area contributed by atoms with Crippen molar-refractivity contribution < 1.29 is 18.7 Å². The molecule has 2 atom stereocenters. The van der Waals surface area contributed by atoms with E-state index in [-0.39, 0.29) is 17.9 Å². The fourth-order valence-electron chi connectivity index (χ4n) is 5.08. The molecular weight excluding hydrogens is 428 g/mol. The Morgan fingerprint density at radius 3 is 2.59 bits per heavy atom. The summed E-state index contributed by atoms with van der Waals surface area (Å²) in [5.41, 5.74) is 4.38. The summed E-state index contributed by atoms with van der Waals surface area (Å²) in [6.45, 7) is 6.06. The topological polar surface area (TPSA) is 63.0 Å². The van der Waals surface area contributed by atoms with Gasteiger partial charge >= 0.3 is 0 Å². The Morgan fingerprint density at radius 2 is 1.85 bits per heavy atom. The summed E-state index contributed by atoms with van der Waals surface area (Å²) in [5, 5.41) is 0. The van der Waals surface area contributed by atoms with Gasteiger partial charge in [0.15, 0.2) is 11.9 Å². The van der Waals surface area contributed by atoms with Crippen molar-refractivity contribution in [2.45, 2.75) is 45.3 Å². The van der Waals surface area contributed by atoms with Crippen LogP contribution in [0.25, 0.3) is 0 Å². The molecular formula is C28H30N2O4. The van der Waals surface area contributed by atoms with E-state index in [2.05, 4.69) is 31.2 Å². The van der Waals surface area contributed by atoms with Gasteiger partial charge in [0.1, 0.15) is 5.75 Å². The zero-order chi connectivity index (χ0) is 23.7. The van der Waals surface area contributed by atoms with E-state index in [1.807, 2.05) is 34.9 Å². The van der Waals surface area contributed by atoms with E-state index in [9.17, 15) is 9.59 Å². The molecule has 2 aromatic carbocycles. The van der Waals surface area contributed by atoms with Crippen LogP contribution >= 0.6 is 0 Å². The predicted molar refractivity (Wildman–Crippen MR) is 129 cm³/mol. The highest BCUT2D eigenvalue weighted by molar-refractivity contribution is 5.92. The standard InChI is InChI=1S/C28H30N2O4/c1-19-7-5-8-22(17-19)26-24-18-23(34-20(2)27(31)29-13-3-4-14-29)11-10-21(24)12-15-30(26)28(32)25-9-6-16-33-25/h5-11,16-18,20,26H,3-4,12-15H2,1-2H3. The molecule has 34 heavy (non-hydrogen) atoms. The van der Waals surface area contributed by atoms with Crippen LogP contribution in [0.5, 0.6) is 5.75 Å². The fraction of sp³-hybridized carbons (Fsp3) is 0.357. The average molecular weight is 459 g/mol. The van der Waals surface area contributed by atoms with E-state index in [1.165, 1.54) is 11.8 Å². The molecule has 1 fully saturated rings. The molecule has 6 heteroatoms. The molecule has 6 nitrogen and oxygen atoms in total. The second-order valence-electron chi connectivity index (χ2n) is 9.20. The number of nitrogens with zero attached hydrogens (tertiary/aromatic N) is 2. The lowest BCUT2D eigenvalue weighted by atomic mass is 9.87. The van der Waals surface area contributed by atoms with Gasteiger partial charge in [0.2, 0.25) is 0 Å². The van der Waals surface area contributed by atoms with Crippen molar-refractivity contribution in [2.24, 2.45) is 0 Å². The van der Waals surface area contributed by atoms with Crippen molar-refractivity contribution >= 4 is 11.8 Å². The van der Waals surface area contributed by atoms with Gasteiger partial charge in [-0.3, -0.25) is 9.59 Å². The SMILES string of the molecule is Cc1cccc(C2c3cc(OC(C)C(=O)N4CCCC4)ccc3CCN2C(=O)c2ccco2)c1. The first-order valence-electron chi connectivity index (χ1n) is 12.0. The van der Waals surface area contributed by atoms with Crippen molar-refractivity contribution in [3.63, 3.8) is 0 Å². The Bertz CT molecular complexity index is 1180. The summed E-state index contributed by atoms with van der Waals surface area (Å²) in [6, 6.07) is 17.4. The highest BCUT2D eigenvalue weighted by Gasteiger charge is 2.34. The van der Waals surface area contributed by atoms with E-state index in [4.69, 9.17) is 9.15 Å². The number of rotatable bonds is 5. The number of carbonyl (C=O) groups is 2. The largest absolute Gasteiger partial charge is 0.481 e. The maximum Gasteiger partial charge on any atom is 0.290 e. The molecule has 0 spiro atoms. The second-order valence-corrected chi connectivity index (χ2v) is 9.20. The quantitative estimate of drug-likeness (QED) is 0.553. The first-order chi connectivity index (χ1) is 16.5. The summed E-state index contributed by atoms with van der Waals surface area (Å²) >= 11 is 0. The third-order valence-corrected chi connectivity index (χ3v) is 6.77. The zero-order valence-electron chi connectivity index (χ0n) is 19.7. The minimum Gasteiger partial charge on any atom is -0.481 e. The molecule has 2 unspecified atom stereocenters. The van der Waals surface area contributed by atoms with Crippen molar-refractivity contribution in [3.8, 4) is 5.75 Å². The Balaban J connectivity index is 1.49. The maximum absolute atomic E-state index is 13.4. The van der Waals surface area contributed by atoms with Crippen LogP contribution in [0.2, 0.25) is 0 Å². The molecule has 0 radical (unpaired) electrons. The normalized spacial score (nSPS) is 18.5. The van der Waals surface area contributed by atoms with Crippen LogP contribution in [0.4, 0.5) is 0 Å². The number of hydrogen-bond donors (Lipinski definition) is 0. The van der Waals surface area contributed by atoms with Gasteiger partial charge in [0, 0.05) is 19.6 Å². The van der Waals surface area contributed by atoms with Gasteiger partial charge in [-0.05, 0) is 74.1 Å². The summed E-state index contributed by atoms with van der Waals surface area (Å²) < 4.78 is 11.6.